The summed E-state index contributed by atoms with van der Waals surface area (Å²) < 4.78 is 2.07. The largest absolute Gasteiger partial charge is 1.00 e. The number of nitrogens with zero attached hydrogens (tertiary/aromatic N) is 2. The van der Waals surface area contributed by atoms with Crippen LogP contribution < -0.4 is 26.4 Å². The van der Waals surface area contributed by atoms with E-state index in [0.29, 0.717) is 13.1 Å². The number of fused-ring (bicyclic) bond motifs is 2. The first-order valence-corrected chi connectivity index (χ1v) is 10.6. The van der Waals surface area contributed by atoms with Gasteiger partial charge in [0.25, 0.3) is 0 Å². The van der Waals surface area contributed by atoms with Gasteiger partial charge in [-0.05, 0) is 42.3 Å². The number of para-hydroxylation sites is 1. The number of aryl methyl sites for hydroxylation is 1. The van der Waals surface area contributed by atoms with Gasteiger partial charge in [-0.15, -0.1) is 0 Å². The van der Waals surface area contributed by atoms with Crippen LogP contribution in [0, 0.1) is 6.92 Å². The monoisotopic (exact) mass is 484 g/mol. The highest BCUT2D eigenvalue weighted by molar-refractivity contribution is 8.03. The van der Waals surface area contributed by atoms with E-state index in [0.717, 1.165) is 27.2 Å². The van der Waals surface area contributed by atoms with Crippen molar-refractivity contribution in [3.05, 3.63) is 83.0 Å². The third-order valence-corrected chi connectivity index (χ3v) is 6.14. The Kier molecular flexibility index (Phi) is 7.72. The number of hydrogen-bond donors (Lipinski definition) is 2. The van der Waals surface area contributed by atoms with Crippen LogP contribution in [0.2, 0.25) is 0 Å². The molecule has 2 N–H and O–H groups in total. The van der Waals surface area contributed by atoms with E-state index in [1.807, 2.05) is 18.3 Å². The van der Waals surface area contributed by atoms with Crippen LogP contribution in [0.5, 0.6) is 0 Å². The van der Waals surface area contributed by atoms with Gasteiger partial charge in [-0.1, -0.05) is 42.1 Å². The first-order valence-electron chi connectivity index (χ1n) is 9.78. The lowest BCUT2D eigenvalue weighted by atomic mass is 10.1. The summed E-state index contributed by atoms with van der Waals surface area (Å²) >= 11 is 1.74. The Hall–Kier alpha value is -2.12. The number of aromatic nitrogens is 1. The predicted molar refractivity (Wildman–Crippen MR) is 120 cm³/mol. The minimum absolute atomic E-state index is 0. The topological polar surface area (TPSA) is 47.6 Å². The molecule has 0 saturated heterocycles. The molecule has 0 unspecified atom stereocenters. The van der Waals surface area contributed by atoms with Crippen molar-refractivity contribution in [3.8, 4) is 0 Å². The van der Waals surface area contributed by atoms with Crippen molar-refractivity contribution in [1.82, 2.24) is 0 Å². The van der Waals surface area contributed by atoms with Crippen LogP contribution in [0.15, 0.2) is 76.8 Å². The summed E-state index contributed by atoms with van der Waals surface area (Å²) in [5.74, 6) is 0. The SMILES string of the molecule is Cc1ccc2c(c1)SC(=CC=Cc1cc[n+](CCO)c3ccccc13)N2CCO.[Br-]. The van der Waals surface area contributed by atoms with E-state index < -0.39 is 0 Å². The summed E-state index contributed by atoms with van der Waals surface area (Å²) in [6, 6.07) is 16.8. The van der Waals surface area contributed by atoms with Crippen molar-refractivity contribution in [3.63, 3.8) is 0 Å². The Morgan fingerprint density at radius 1 is 1.07 bits per heavy atom. The van der Waals surface area contributed by atoms with Gasteiger partial charge in [-0.2, -0.15) is 4.57 Å². The number of hydrogen-bond acceptors (Lipinski definition) is 4. The maximum Gasteiger partial charge on any atom is 0.213 e. The average Bonchev–Trinajstić information content (AvgIpc) is 3.06. The molecule has 0 spiro atoms. The Morgan fingerprint density at radius 3 is 2.70 bits per heavy atom. The first-order chi connectivity index (χ1) is 14.2. The minimum atomic E-state index is 0. The van der Waals surface area contributed by atoms with Gasteiger partial charge in [-0.25, -0.2) is 0 Å². The van der Waals surface area contributed by atoms with Gasteiger partial charge >= 0.3 is 0 Å². The van der Waals surface area contributed by atoms with Crippen molar-refractivity contribution < 1.29 is 31.8 Å². The molecule has 4 rings (SSSR count). The Labute approximate surface area is 191 Å². The smallest absolute Gasteiger partial charge is 0.213 e. The third-order valence-electron chi connectivity index (χ3n) is 5.02. The number of pyridine rings is 1. The Balaban J connectivity index is 0.00000256. The number of aliphatic hydroxyl groups excluding tert-OH is 2. The lowest BCUT2D eigenvalue weighted by molar-refractivity contribution is -0.672. The van der Waals surface area contributed by atoms with Gasteiger partial charge in [0, 0.05) is 23.6 Å². The number of allylic oxidation sites excluding steroid dienone is 2. The van der Waals surface area contributed by atoms with Gasteiger partial charge < -0.3 is 32.1 Å². The van der Waals surface area contributed by atoms with E-state index in [1.54, 1.807) is 11.8 Å². The minimum Gasteiger partial charge on any atom is -1.00 e. The van der Waals surface area contributed by atoms with Crippen LogP contribution in [-0.2, 0) is 6.54 Å². The van der Waals surface area contributed by atoms with Crippen molar-refractivity contribution in [1.29, 1.82) is 0 Å². The molecule has 2 aromatic carbocycles. The Morgan fingerprint density at radius 2 is 1.90 bits per heavy atom. The van der Waals surface area contributed by atoms with E-state index >= 15 is 0 Å². The molecule has 0 bridgehead atoms. The average molecular weight is 485 g/mol. The highest BCUT2D eigenvalue weighted by Crippen LogP contribution is 2.46. The molecule has 4 nitrogen and oxygen atoms in total. The number of rotatable bonds is 6. The molecule has 0 fully saturated rings. The molecule has 0 atom stereocenters. The molecule has 1 aromatic heterocycles. The molecule has 30 heavy (non-hydrogen) atoms. The van der Waals surface area contributed by atoms with Crippen LogP contribution in [0.1, 0.15) is 11.1 Å². The highest BCUT2D eigenvalue weighted by atomic mass is 79.9. The van der Waals surface area contributed by atoms with Gasteiger partial charge in [0.15, 0.2) is 12.7 Å². The summed E-state index contributed by atoms with van der Waals surface area (Å²) in [7, 11) is 0. The zero-order valence-electron chi connectivity index (χ0n) is 16.8. The second-order valence-electron chi connectivity index (χ2n) is 7.02. The molecule has 0 aliphatic carbocycles. The molecule has 0 amide bonds. The first kappa shape index (κ1) is 22.6. The number of thioether (sulfide) groups is 1. The maximum absolute atomic E-state index is 9.50. The molecule has 3 aromatic rings. The molecule has 1 aliphatic rings. The maximum atomic E-state index is 9.50. The summed E-state index contributed by atoms with van der Waals surface area (Å²) in [5.41, 5.74) is 4.64. The lowest BCUT2D eigenvalue weighted by Gasteiger charge is -2.18. The predicted octanol–water partition coefficient (Wildman–Crippen LogP) is 0.891. The van der Waals surface area contributed by atoms with E-state index in [2.05, 4.69) is 71.0 Å². The summed E-state index contributed by atoms with van der Waals surface area (Å²) in [6.07, 6.45) is 8.32. The van der Waals surface area contributed by atoms with E-state index in [-0.39, 0.29) is 30.2 Å². The van der Waals surface area contributed by atoms with Gasteiger partial charge in [0.05, 0.1) is 22.7 Å². The summed E-state index contributed by atoms with van der Waals surface area (Å²) in [6.45, 7) is 3.50. The molecule has 1 aliphatic heterocycles. The van der Waals surface area contributed by atoms with E-state index in [1.165, 1.54) is 10.5 Å². The van der Waals surface area contributed by atoms with Crippen LogP contribution >= 0.6 is 11.8 Å². The zero-order chi connectivity index (χ0) is 20.2. The summed E-state index contributed by atoms with van der Waals surface area (Å²) in [5, 5.41) is 21.1. The van der Waals surface area contributed by atoms with Crippen molar-refractivity contribution in [2.75, 3.05) is 24.7 Å². The second-order valence-corrected chi connectivity index (χ2v) is 8.08. The number of benzene rings is 2. The Bertz CT molecular complexity index is 1100. The number of halogens is 1. The molecule has 0 saturated carbocycles. The number of aliphatic hydroxyl groups is 2. The molecular weight excluding hydrogens is 460 g/mol. The fourth-order valence-electron chi connectivity index (χ4n) is 3.66. The number of anilines is 1. The van der Waals surface area contributed by atoms with Gasteiger partial charge in [-0.3, -0.25) is 0 Å². The molecule has 0 radical (unpaired) electrons. The lowest BCUT2D eigenvalue weighted by Crippen LogP contribution is -3.00. The summed E-state index contributed by atoms with van der Waals surface area (Å²) in [4.78, 5) is 3.40. The van der Waals surface area contributed by atoms with Crippen LogP contribution in [-0.4, -0.2) is 30.0 Å². The second kappa shape index (κ2) is 10.3. The van der Waals surface area contributed by atoms with Crippen LogP contribution in [0.25, 0.3) is 17.0 Å². The highest BCUT2D eigenvalue weighted by Gasteiger charge is 2.24. The molecule has 156 valence electrons. The fourth-order valence-corrected chi connectivity index (χ4v) is 4.86. The third kappa shape index (κ3) is 4.62. The standard InChI is InChI=1S/C24H25N2O2S.BrH/c1-18-9-10-22-23(17-18)29-24(26(22)14-16-28)8-4-5-19-11-12-25(13-15-27)21-7-3-2-6-20(19)21;/h2-12,17,27-28H,13-16H2,1H3;1H/q+1;/p-1. The molecule has 2 heterocycles. The molecular formula is C24H25BrN2O2S. The van der Waals surface area contributed by atoms with E-state index in [4.69, 9.17) is 0 Å². The molecule has 6 heteroatoms. The quantitative estimate of drug-likeness (QED) is 0.510. The van der Waals surface area contributed by atoms with Crippen molar-refractivity contribution in [2.24, 2.45) is 0 Å². The van der Waals surface area contributed by atoms with Crippen LogP contribution in [0.3, 0.4) is 0 Å². The zero-order valence-corrected chi connectivity index (χ0v) is 19.2. The van der Waals surface area contributed by atoms with Crippen LogP contribution in [0.4, 0.5) is 5.69 Å². The van der Waals surface area contributed by atoms with E-state index in [9.17, 15) is 10.2 Å². The van der Waals surface area contributed by atoms with Gasteiger partial charge in [0.2, 0.25) is 5.52 Å². The van der Waals surface area contributed by atoms with Crippen molar-refractivity contribution in [2.45, 2.75) is 18.4 Å². The normalized spacial score (nSPS) is 14.5. The van der Waals surface area contributed by atoms with Crippen molar-refractivity contribution >= 4 is 34.4 Å². The number of β-amino-alcohol motifs (C(OH)–C–C–N with tert-alkyl or cyclic N) is 1. The fraction of sp³-hybridized carbons (Fsp3) is 0.208. The van der Waals surface area contributed by atoms with Gasteiger partial charge in [0.1, 0.15) is 6.61 Å².